The van der Waals surface area contributed by atoms with Crippen LogP contribution < -0.4 is 5.56 Å². The Hall–Kier alpha value is -4.26. The van der Waals surface area contributed by atoms with E-state index in [2.05, 4.69) is 11.6 Å². The number of fused-ring (bicyclic) bond motifs is 2. The number of carbonyl (C=O) groups is 2. The molecule has 0 saturated heterocycles. The van der Waals surface area contributed by atoms with Crippen LogP contribution in [0.1, 0.15) is 32.1 Å². The van der Waals surface area contributed by atoms with E-state index in [0.717, 1.165) is 5.56 Å². The van der Waals surface area contributed by atoms with Gasteiger partial charge in [-0.3, -0.25) is 23.9 Å². The summed E-state index contributed by atoms with van der Waals surface area (Å²) in [5, 5.41) is 0.474. The van der Waals surface area contributed by atoms with E-state index >= 15 is 0 Å². The first-order valence-electron chi connectivity index (χ1n) is 10.5. The van der Waals surface area contributed by atoms with E-state index in [1.165, 1.54) is 16.6 Å². The van der Waals surface area contributed by atoms with Crippen molar-refractivity contribution in [1.82, 2.24) is 14.5 Å². The molecule has 0 N–H and O–H groups in total. The first-order chi connectivity index (χ1) is 16.0. The van der Waals surface area contributed by atoms with Crippen LogP contribution in [-0.4, -0.2) is 39.9 Å². The van der Waals surface area contributed by atoms with Crippen LogP contribution in [0.15, 0.2) is 77.8 Å². The zero-order chi connectivity index (χ0) is 23.5. The lowest BCUT2D eigenvalue weighted by Gasteiger charge is -2.15. The summed E-state index contributed by atoms with van der Waals surface area (Å²) in [6.07, 6.45) is 6.69. The van der Waals surface area contributed by atoms with E-state index in [0.29, 0.717) is 33.6 Å². The highest BCUT2D eigenvalue weighted by Gasteiger charge is 2.36. The van der Waals surface area contributed by atoms with Gasteiger partial charge in [-0.2, -0.15) is 0 Å². The van der Waals surface area contributed by atoms with Crippen LogP contribution in [0.3, 0.4) is 0 Å². The molecule has 0 saturated carbocycles. The standard InChI is InChI=1S/C26H23N3O4/c1-4-18(33-3)10-8-15-28-22(27-21-13-6-5-11-19(21)24(28)30)14-16-29-25(31)20-12-7-9-17(2)23(20)26(29)32/h4-13,15H,1,14,16H2,2-3H3/b15-8+,18-10+. The number of allylic oxidation sites excluding steroid dienone is 3. The van der Waals surface area contributed by atoms with Gasteiger partial charge in [0.1, 0.15) is 11.6 Å². The summed E-state index contributed by atoms with van der Waals surface area (Å²) >= 11 is 0. The SMILES string of the molecule is C=C/C(=C\C=C\n1c(CCN2C(=O)c3cccc(C)c3C2=O)nc2ccccc2c1=O)OC. The number of amides is 2. The predicted octanol–water partition coefficient (Wildman–Crippen LogP) is 3.73. The molecule has 0 fully saturated rings. The molecule has 3 aromatic rings. The number of carbonyl (C=O) groups excluding carboxylic acids is 2. The van der Waals surface area contributed by atoms with E-state index in [9.17, 15) is 14.4 Å². The normalized spacial score (nSPS) is 13.8. The van der Waals surface area contributed by atoms with Crippen LogP contribution in [-0.2, 0) is 11.2 Å². The van der Waals surface area contributed by atoms with Crippen LogP contribution in [0.4, 0.5) is 0 Å². The molecule has 0 aliphatic carbocycles. The number of nitrogens with zero attached hydrogens (tertiary/aromatic N) is 3. The Morgan fingerprint density at radius 1 is 1.09 bits per heavy atom. The van der Waals surface area contributed by atoms with Crippen LogP contribution in [0.25, 0.3) is 17.1 Å². The Bertz CT molecular complexity index is 1400. The van der Waals surface area contributed by atoms with Crippen LogP contribution >= 0.6 is 0 Å². The first-order valence-corrected chi connectivity index (χ1v) is 10.5. The van der Waals surface area contributed by atoms with Crippen molar-refractivity contribution in [2.75, 3.05) is 13.7 Å². The molecule has 1 aliphatic heterocycles. The molecular weight excluding hydrogens is 418 g/mol. The van der Waals surface area contributed by atoms with Gasteiger partial charge < -0.3 is 4.74 Å². The maximum absolute atomic E-state index is 13.2. The van der Waals surface area contributed by atoms with Crippen molar-refractivity contribution in [3.63, 3.8) is 0 Å². The van der Waals surface area contributed by atoms with E-state index in [1.807, 2.05) is 19.1 Å². The fraction of sp³-hybridized carbons (Fsp3) is 0.154. The minimum Gasteiger partial charge on any atom is -0.497 e. The Kier molecular flexibility index (Phi) is 6.04. The molecule has 166 valence electrons. The molecule has 7 heteroatoms. The predicted molar refractivity (Wildman–Crippen MR) is 127 cm³/mol. The summed E-state index contributed by atoms with van der Waals surface area (Å²) in [6, 6.07) is 12.3. The van der Waals surface area contributed by atoms with E-state index < -0.39 is 0 Å². The molecule has 7 nitrogen and oxygen atoms in total. The zero-order valence-corrected chi connectivity index (χ0v) is 18.4. The van der Waals surface area contributed by atoms with Gasteiger partial charge in [0.25, 0.3) is 17.4 Å². The topological polar surface area (TPSA) is 81.5 Å². The third-order valence-corrected chi connectivity index (χ3v) is 5.58. The smallest absolute Gasteiger partial charge is 0.265 e. The molecule has 0 bridgehead atoms. The molecule has 0 atom stereocenters. The van der Waals surface area contributed by atoms with Crippen molar-refractivity contribution in [1.29, 1.82) is 0 Å². The minimum absolute atomic E-state index is 0.107. The van der Waals surface area contributed by atoms with Crippen LogP contribution in [0.2, 0.25) is 0 Å². The lowest BCUT2D eigenvalue weighted by atomic mass is 10.0. The number of hydrogen-bond acceptors (Lipinski definition) is 5. The molecule has 1 aromatic heterocycles. The number of ether oxygens (including phenoxy) is 1. The van der Waals surface area contributed by atoms with Gasteiger partial charge >= 0.3 is 0 Å². The van der Waals surface area contributed by atoms with E-state index in [4.69, 9.17) is 4.74 Å². The van der Waals surface area contributed by atoms with Gasteiger partial charge in [0, 0.05) is 19.2 Å². The average molecular weight is 441 g/mol. The van der Waals surface area contributed by atoms with E-state index in [-0.39, 0.29) is 30.3 Å². The zero-order valence-electron chi connectivity index (χ0n) is 18.4. The molecule has 0 unspecified atom stereocenters. The quantitative estimate of drug-likeness (QED) is 0.317. The fourth-order valence-corrected chi connectivity index (χ4v) is 3.88. The molecule has 4 rings (SSSR count). The summed E-state index contributed by atoms with van der Waals surface area (Å²) in [7, 11) is 1.53. The molecule has 2 heterocycles. The van der Waals surface area contributed by atoms with Crippen LogP contribution in [0.5, 0.6) is 0 Å². The van der Waals surface area contributed by atoms with Crippen LogP contribution in [0, 0.1) is 6.92 Å². The minimum atomic E-state index is -0.331. The van der Waals surface area contributed by atoms with E-state index in [1.54, 1.807) is 54.8 Å². The Morgan fingerprint density at radius 2 is 1.88 bits per heavy atom. The number of para-hydroxylation sites is 1. The number of imide groups is 1. The molecular formula is C26H23N3O4. The Morgan fingerprint density at radius 3 is 2.61 bits per heavy atom. The molecule has 1 aliphatic rings. The summed E-state index contributed by atoms with van der Waals surface area (Å²) in [5.74, 6) is 0.324. The molecule has 33 heavy (non-hydrogen) atoms. The van der Waals surface area contributed by atoms with Gasteiger partial charge in [-0.15, -0.1) is 0 Å². The number of methoxy groups -OCH3 is 1. The van der Waals surface area contributed by atoms with Gasteiger partial charge in [0.2, 0.25) is 0 Å². The van der Waals surface area contributed by atoms with Crippen molar-refractivity contribution >= 4 is 28.9 Å². The second-order valence-electron chi connectivity index (χ2n) is 7.55. The second kappa shape index (κ2) is 9.08. The number of rotatable bonds is 7. The summed E-state index contributed by atoms with van der Waals surface area (Å²) in [5.41, 5.74) is 1.92. The summed E-state index contributed by atoms with van der Waals surface area (Å²) in [6.45, 7) is 5.59. The summed E-state index contributed by atoms with van der Waals surface area (Å²) in [4.78, 5) is 44.7. The number of hydrogen-bond donors (Lipinski definition) is 0. The van der Waals surface area contributed by atoms with Gasteiger partial charge in [-0.1, -0.05) is 30.8 Å². The van der Waals surface area contributed by atoms with Crippen molar-refractivity contribution in [2.24, 2.45) is 0 Å². The Balaban J connectivity index is 1.69. The van der Waals surface area contributed by atoms with Gasteiger partial charge in [-0.05, 0) is 48.9 Å². The van der Waals surface area contributed by atoms with Crippen molar-refractivity contribution in [3.8, 4) is 0 Å². The highest BCUT2D eigenvalue weighted by Crippen LogP contribution is 2.25. The van der Waals surface area contributed by atoms with Crippen molar-refractivity contribution < 1.29 is 14.3 Å². The van der Waals surface area contributed by atoms with Gasteiger partial charge in [-0.25, -0.2) is 4.98 Å². The highest BCUT2D eigenvalue weighted by atomic mass is 16.5. The third kappa shape index (κ3) is 4.01. The maximum atomic E-state index is 13.2. The Labute approximate surface area is 190 Å². The lowest BCUT2D eigenvalue weighted by molar-refractivity contribution is 0.0655. The number of aromatic nitrogens is 2. The third-order valence-electron chi connectivity index (χ3n) is 5.58. The molecule has 0 spiro atoms. The highest BCUT2D eigenvalue weighted by molar-refractivity contribution is 6.22. The number of aryl methyl sites for hydroxylation is 1. The van der Waals surface area contributed by atoms with Crippen molar-refractivity contribution in [2.45, 2.75) is 13.3 Å². The molecule has 2 amide bonds. The fourth-order valence-electron chi connectivity index (χ4n) is 3.88. The van der Waals surface area contributed by atoms with Gasteiger partial charge in [0.15, 0.2) is 0 Å². The monoisotopic (exact) mass is 441 g/mol. The largest absolute Gasteiger partial charge is 0.497 e. The first kappa shape index (κ1) is 22.0. The molecule has 2 aromatic carbocycles. The van der Waals surface area contributed by atoms with Gasteiger partial charge in [0.05, 0.1) is 29.1 Å². The molecule has 0 radical (unpaired) electrons. The maximum Gasteiger partial charge on any atom is 0.265 e. The second-order valence-corrected chi connectivity index (χ2v) is 7.55. The average Bonchev–Trinajstić information content (AvgIpc) is 3.07. The van der Waals surface area contributed by atoms with Crippen molar-refractivity contribution in [3.05, 3.63) is 106 Å². The summed E-state index contributed by atoms with van der Waals surface area (Å²) < 4.78 is 6.58. The lowest BCUT2D eigenvalue weighted by Crippen LogP contribution is -2.33. The number of benzene rings is 2.